The van der Waals surface area contributed by atoms with E-state index in [0.717, 1.165) is 12.8 Å². The van der Waals surface area contributed by atoms with Crippen LogP contribution in [0.1, 0.15) is 33.6 Å². The maximum atomic E-state index is 9.32. The Hall–Kier alpha value is -0.0800. The van der Waals surface area contributed by atoms with Crippen LogP contribution in [-0.4, -0.2) is 23.4 Å². The molecule has 1 rings (SSSR count). The molecule has 4 unspecified atom stereocenters. The summed E-state index contributed by atoms with van der Waals surface area (Å²) in [6, 6.07) is 0. The molecule has 1 fully saturated rings. The Bertz CT molecular complexity index is 123. The van der Waals surface area contributed by atoms with E-state index >= 15 is 0 Å². The first-order valence-electron chi connectivity index (χ1n) is 4.48. The first-order chi connectivity index (χ1) is 5.15. The molecule has 4 atom stereocenters. The van der Waals surface area contributed by atoms with Crippen LogP contribution in [0.3, 0.4) is 0 Å². The molecular weight excluding hydrogens is 140 g/mol. The summed E-state index contributed by atoms with van der Waals surface area (Å²) in [6.45, 7) is 6.06. The zero-order chi connectivity index (χ0) is 8.43. The molecule has 0 amide bonds. The van der Waals surface area contributed by atoms with Crippen molar-refractivity contribution in [2.24, 2.45) is 5.92 Å². The average Bonchev–Trinajstić information content (AvgIpc) is 2.61. The highest BCUT2D eigenvalue weighted by atomic mass is 16.6. The van der Waals surface area contributed by atoms with Crippen molar-refractivity contribution >= 4 is 0 Å². The molecule has 2 nitrogen and oxygen atoms in total. The Balaban J connectivity index is 2.21. The Labute approximate surface area is 68.6 Å². The fourth-order valence-electron chi connectivity index (χ4n) is 1.48. The van der Waals surface area contributed by atoms with Gasteiger partial charge in [-0.3, -0.25) is 0 Å². The molecule has 0 aromatic rings. The largest absolute Gasteiger partial charge is 0.393 e. The summed E-state index contributed by atoms with van der Waals surface area (Å²) in [5.74, 6) is 0.421. The minimum Gasteiger partial charge on any atom is -0.393 e. The molecule has 0 saturated carbocycles. The number of hydrogen-bond acceptors (Lipinski definition) is 2. The zero-order valence-corrected chi connectivity index (χ0v) is 7.58. The van der Waals surface area contributed by atoms with Crippen LogP contribution < -0.4 is 0 Å². The second kappa shape index (κ2) is 3.55. The lowest BCUT2D eigenvalue weighted by atomic mass is 9.94. The summed E-state index contributed by atoms with van der Waals surface area (Å²) in [7, 11) is 0. The SMILES string of the molecule is CCC(CC1OC1C)C(C)O. The van der Waals surface area contributed by atoms with Gasteiger partial charge in [0.25, 0.3) is 0 Å². The predicted octanol–water partition coefficient (Wildman–Crippen LogP) is 1.57. The number of epoxide rings is 1. The fourth-order valence-corrected chi connectivity index (χ4v) is 1.48. The van der Waals surface area contributed by atoms with E-state index in [1.807, 2.05) is 6.92 Å². The summed E-state index contributed by atoms with van der Waals surface area (Å²) < 4.78 is 5.29. The standard InChI is InChI=1S/C9H18O2/c1-4-8(6(2)10)5-9-7(3)11-9/h6-10H,4-5H2,1-3H3. The van der Waals surface area contributed by atoms with Crippen molar-refractivity contribution in [3.8, 4) is 0 Å². The molecule has 1 heterocycles. The Morgan fingerprint density at radius 3 is 2.36 bits per heavy atom. The number of aliphatic hydroxyl groups is 1. The Morgan fingerprint density at radius 2 is 2.09 bits per heavy atom. The van der Waals surface area contributed by atoms with Crippen LogP contribution in [0.2, 0.25) is 0 Å². The smallest absolute Gasteiger partial charge is 0.0842 e. The van der Waals surface area contributed by atoms with Crippen molar-refractivity contribution in [3.05, 3.63) is 0 Å². The van der Waals surface area contributed by atoms with Gasteiger partial charge >= 0.3 is 0 Å². The highest BCUT2D eigenvalue weighted by molar-refractivity contribution is 4.83. The first kappa shape index (κ1) is 9.01. The van der Waals surface area contributed by atoms with Gasteiger partial charge in [-0.1, -0.05) is 13.3 Å². The molecular formula is C9H18O2. The topological polar surface area (TPSA) is 32.8 Å². The quantitative estimate of drug-likeness (QED) is 0.630. The van der Waals surface area contributed by atoms with Crippen LogP contribution in [0.15, 0.2) is 0 Å². The van der Waals surface area contributed by atoms with E-state index in [1.54, 1.807) is 0 Å². The van der Waals surface area contributed by atoms with E-state index < -0.39 is 0 Å². The second-order valence-corrected chi connectivity index (χ2v) is 3.52. The van der Waals surface area contributed by atoms with Crippen LogP contribution in [0.25, 0.3) is 0 Å². The van der Waals surface area contributed by atoms with Gasteiger partial charge in [0, 0.05) is 0 Å². The zero-order valence-electron chi connectivity index (χ0n) is 7.58. The van der Waals surface area contributed by atoms with Crippen LogP contribution in [-0.2, 0) is 4.74 Å². The maximum absolute atomic E-state index is 9.32. The third-order valence-corrected chi connectivity index (χ3v) is 2.58. The number of hydrogen-bond donors (Lipinski definition) is 1. The first-order valence-corrected chi connectivity index (χ1v) is 4.48. The van der Waals surface area contributed by atoms with Gasteiger partial charge in [-0.25, -0.2) is 0 Å². The van der Waals surface area contributed by atoms with Gasteiger partial charge in [0.15, 0.2) is 0 Å². The second-order valence-electron chi connectivity index (χ2n) is 3.52. The summed E-state index contributed by atoms with van der Waals surface area (Å²) >= 11 is 0. The third-order valence-electron chi connectivity index (χ3n) is 2.58. The summed E-state index contributed by atoms with van der Waals surface area (Å²) in [5, 5.41) is 9.32. The summed E-state index contributed by atoms with van der Waals surface area (Å²) in [5.41, 5.74) is 0. The number of aliphatic hydroxyl groups excluding tert-OH is 1. The van der Waals surface area contributed by atoms with Crippen molar-refractivity contribution in [2.45, 2.75) is 51.9 Å². The number of ether oxygens (including phenoxy) is 1. The van der Waals surface area contributed by atoms with E-state index in [-0.39, 0.29) is 6.10 Å². The minimum atomic E-state index is -0.184. The van der Waals surface area contributed by atoms with E-state index in [4.69, 9.17) is 4.74 Å². The maximum Gasteiger partial charge on any atom is 0.0842 e. The molecule has 1 N–H and O–H groups in total. The van der Waals surface area contributed by atoms with Gasteiger partial charge in [0.05, 0.1) is 18.3 Å². The molecule has 0 spiro atoms. The monoisotopic (exact) mass is 158 g/mol. The van der Waals surface area contributed by atoms with Gasteiger partial charge in [0.2, 0.25) is 0 Å². The molecule has 1 aliphatic rings. The molecule has 1 aliphatic heterocycles. The molecule has 0 radical (unpaired) electrons. The Morgan fingerprint density at radius 1 is 1.55 bits per heavy atom. The van der Waals surface area contributed by atoms with Crippen molar-refractivity contribution in [1.82, 2.24) is 0 Å². The summed E-state index contributed by atoms with van der Waals surface area (Å²) in [6.07, 6.45) is 2.74. The molecule has 0 aromatic carbocycles. The normalized spacial score (nSPS) is 34.9. The van der Waals surface area contributed by atoms with E-state index in [9.17, 15) is 5.11 Å². The highest BCUT2D eigenvalue weighted by Gasteiger charge is 2.36. The molecule has 1 saturated heterocycles. The predicted molar refractivity (Wildman–Crippen MR) is 44.4 cm³/mol. The van der Waals surface area contributed by atoms with Crippen molar-refractivity contribution < 1.29 is 9.84 Å². The van der Waals surface area contributed by atoms with Gasteiger partial charge < -0.3 is 9.84 Å². The van der Waals surface area contributed by atoms with Gasteiger partial charge in [0.1, 0.15) is 0 Å². The number of rotatable bonds is 4. The van der Waals surface area contributed by atoms with Gasteiger partial charge in [-0.15, -0.1) is 0 Å². The van der Waals surface area contributed by atoms with Crippen molar-refractivity contribution in [3.63, 3.8) is 0 Å². The lowest BCUT2D eigenvalue weighted by Crippen LogP contribution is -2.18. The van der Waals surface area contributed by atoms with Gasteiger partial charge in [-0.05, 0) is 26.2 Å². The van der Waals surface area contributed by atoms with Crippen LogP contribution in [0.5, 0.6) is 0 Å². The van der Waals surface area contributed by atoms with Crippen LogP contribution in [0, 0.1) is 5.92 Å². The van der Waals surface area contributed by atoms with Crippen molar-refractivity contribution in [2.75, 3.05) is 0 Å². The van der Waals surface area contributed by atoms with Gasteiger partial charge in [-0.2, -0.15) is 0 Å². The molecule has 66 valence electrons. The highest BCUT2D eigenvalue weighted by Crippen LogP contribution is 2.30. The minimum absolute atomic E-state index is 0.184. The molecule has 0 aromatic heterocycles. The average molecular weight is 158 g/mol. The summed E-state index contributed by atoms with van der Waals surface area (Å²) in [4.78, 5) is 0. The van der Waals surface area contributed by atoms with E-state index in [2.05, 4.69) is 13.8 Å². The molecule has 0 bridgehead atoms. The Kier molecular flexibility index (Phi) is 2.90. The van der Waals surface area contributed by atoms with Crippen LogP contribution in [0.4, 0.5) is 0 Å². The molecule has 0 aliphatic carbocycles. The lowest BCUT2D eigenvalue weighted by Gasteiger charge is -2.16. The van der Waals surface area contributed by atoms with Crippen LogP contribution >= 0.6 is 0 Å². The van der Waals surface area contributed by atoms with Crippen molar-refractivity contribution in [1.29, 1.82) is 0 Å². The molecule has 2 heteroatoms. The van der Waals surface area contributed by atoms with E-state index in [1.165, 1.54) is 0 Å². The van der Waals surface area contributed by atoms with E-state index in [0.29, 0.717) is 18.1 Å². The fraction of sp³-hybridized carbons (Fsp3) is 1.00. The molecule has 11 heavy (non-hydrogen) atoms. The lowest BCUT2D eigenvalue weighted by molar-refractivity contribution is 0.111. The third kappa shape index (κ3) is 2.46.